The van der Waals surface area contributed by atoms with Gasteiger partial charge in [-0.3, -0.25) is 0 Å². The van der Waals surface area contributed by atoms with Crippen LogP contribution in [0.2, 0.25) is 0 Å². The molecule has 0 aliphatic rings. The number of rotatable bonds is 4. The van der Waals surface area contributed by atoms with E-state index in [1.54, 1.807) is 14.2 Å². The normalized spacial score (nSPS) is 12.1. The van der Waals surface area contributed by atoms with Crippen molar-refractivity contribution < 1.29 is 9.47 Å². The van der Waals surface area contributed by atoms with Gasteiger partial charge in [-0.1, -0.05) is 39.7 Å². The monoisotopic (exact) mass is 334 g/mol. The van der Waals surface area contributed by atoms with E-state index in [-0.39, 0.29) is 4.83 Å². The van der Waals surface area contributed by atoms with Crippen molar-refractivity contribution in [1.82, 2.24) is 0 Å². The Morgan fingerprint density at radius 1 is 0.900 bits per heavy atom. The summed E-state index contributed by atoms with van der Waals surface area (Å²) in [6, 6.07) is 12.4. The fourth-order valence-corrected chi connectivity index (χ4v) is 3.04. The average molecular weight is 335 g/mol. The van der Waals surface area contributed by atoms with Gasteiger partial charge in [-0.2, -0.15) is 0 Å². The SMILES string of the molecule is COc1cc(OC)cc(C(Br)c2ccc(C)cc2C)c1. The molecule has 1 unspecified atom stereocenters. The molecule has 2 rings (SSSR count). The number of hydrogen-bond acceptors (Lipinski definition) is 2. The number of halogens is 1. The van der Waals surface area contributed by atoms with E-state index in [0.717, 1.165) is 17.1 Å². The molecule has 2 nitrogen and oxygen atoms in total. The molecule has 0 radical (unpaired) electrons. The van der Waals surface area contributed by atoms with Crippen LogP contribution in [-0.2, 0) is 0 Å². The molecule has 0 N–H and O–H groups in total. The number of alkyl halides is 1. The lowest BCUT2D eigenvalue weighted by molar-refractivity contribution is 0.393. The van der Waals surface area contributed by atoms with Crippen LogP contribution in [0, 0.1) is 13.8 Å². The predicted molar refractivity (Wildman–Crippen MR) is 86.2 cm³/mol. The average Bonchev–Trinajstić information content (AvgIpc) is 2.46. The molecule has 0 spiro atoms. The molecule has 106 valence electrons. The third-order valence-electron chi connectivity index (χ3n) is 3.36. The van der Waals surface area contributed by atoms with Crippen LogP contribution < -0.4 is 9.47 Å². The first-order valence-corrected chi connectivity index (χ1v) is 7.41. The Kier molecular flexibility index (Phi) is 4.71. The van der Waals surface area contributed by atoms with Crippen molar-refractivity contribution in [3.63, 3.8) is 0 Å². The predicted octanol–water partition coefficient (Wildman–Crippen LogP) is 4.80. The van der Waals surface area contributed by atoms with Crippen LogP contribution >= 0.6 is 15.9 Å². The number of hydrogen-bond donors (Lipinski definition) is 0. The molecular formula is C17H19BrO2. The standard InChI is InChI=1S/C17H19BrO2/c1-11-5-6-16(12(2)7-11)17(18)13-8-14(19-3)10-15(9-13)20-4/h5-10,17H,1-4H3. The highest BCUT2D eigenvalue weighted by atomic mass is 79.9. The van der Waals surface area contributed by atoms with Crippen LogP contribution in [0.4, 0.5) is 0 Å². The minimum atomic E-state index is 0.118. The molecule has 20 heavy (non-hydrogen) atoms. The Labute approximate surface area is 128 Å². The Balaban J connectivity index is 2.44. The summed E-state index contributed by atoms with van der Waals surface area (Å²) in [6.45, 7) is 4.24. The Morgan fingerprint density at radius 3 is 2.00 bits per heavy atom. The highest BCUT2D eigenvalue weighted by molar-refractivity contribution is 9.09. The Hall–Kier alpha value is -1.48. The van der Waals surface area contributed by atoms with Gasteiger partial charge in [-0.25, -0.2) is 0 Å². The van der Waals surface area contributed by atoms with E-state index >= 15 is 0 Å². The zero-order valence-electron chi connectivity index (χ0n) is 12.2. The topological polar surface area (TPSA) is 18.5 Å². The summed E-state index contributed by atoms with van der Waals surface area (Å²) in [7, 11) is 3.33. The van der Waals surface area contributed by atoms with Crippen LogP contribution in [0.15, 0.2) is 36.4 Å². The van der Waals surface area contributed by atoms with Gasteiger partial charge in [0.2, 0.25) is 0 Å². The van der Waals surface area contributed by atoms with Crippen molar-refractivity contribution in [3.8, 4) is 11.5 Å². The van der Waals surface area contributed by atoms with E-state index in [4.69, 9.17) is 9.47 Å². The van der Waals surface area contributed by atoms with E-state index in [9.17, 15) is 0 Å². The third-order valence-corrected chi connectivity index (χ3v) is 4.39. The minimum Gasteiger partial charge on any atom is -0.497 e. The molecule has 2 aromatic rings. The minimum absolute atomic E-state index is 0.118. The summed E-state index contributed by atoms with van der Waals surface area (Å²) >= 11 is 3.79. The van der Waals surface area contributed by atoms with E-state index in [1.807, 2.05) is 18.2 Å². The van der Waals surface area contributed by atoms with Crippen LogP contribution in [0.5, 0.6) is 11.5 Å². The van der Waals surface area contributed by atoms with Gasteiger partial charge in [-0.05, 0) is 42.7 Å². The molecule has 0 saturated heterocycles. The second-order valence-corrected chi connectivity index (χ2v) is 5.78. The van der Waals surface area contributed by atoms with Crippen LogP contribution in [0.1, 0.15) is 27.1 Å². The molecule has 0 amide bonds. The fourth-order valence-electron chi connectivity index (χ4n) is 2.27. The van der Waals surface area contributed by atoms with Gasteiger partial charge in [-0.15, -0.1) is 0 Å². The first-order chi connectivity index (χ1) is 9.55. The first kappa shape index (κ1) is 14.9. The van der Waals surface area contributed by atoms with E-state index in [2.05, 4.69) is 48.0 Å². The second-order valence-electron chi connectivity index (χ2n) is 4.87. The maximum Gasteiger partial charge on any atom is 0.122 e. The third kappa shape index (κ3) is 3.15. The highest BCUT2D eigenvalue weighted by Gasteiger charge is 2.15. The molecule has 0 aromatic heterocycles. The quantitative estimate of drug-likeness (QED) is 0.747. The van der Waals surface area contributed by atoms with E-state index in [1.165, 1.54) is 16.7 Å². The van der Waals surface area contributed by atoms with Crippen LogP contribution in [0.25, 0.3) is 0 Å². The van der Waals surface area contributed by atoms with Gasteiger partial charge in [0.15, 0.2) is 0 Å². The summed E-state index contributed by atoms with van der Waals surface area (Å²) in [5.74, 6) is 1.60. The summed E-state index contributed by atoms with van der Waals surface area (Å²) in [6.07, 6.45) is 0. The number of methoxy groups -OCH3 is 2. The molecule has 1 atom stereocenters. The van der Waals surface area contributed by atoms with Crippen LogP contribution in [-0.4, -0.2) is 14.2 Å². The summed E-state index contributed by atoms with van der Waals surface area (Å²) < 4.78 is 10.7. The highest BCUT2D eigenvalue weighted by Crippen LogP contribution is 2.36. The van der Waals surface area contributed by atoms with Gasteiger partial charge >= 0.3 is 0 Å². The largest absolute Gasteiger partial charge is 0.497 e. The lowest BCUT2D eigenvalue weighted by atomic mass is 9.98. The zero-order valence-corrected chi connectivity index (χ0v) is 13.8. The van der Waals surface area contributed by atoms with Gasteiger partial charge in [0.05, 0.1) is 19.0 Å². The van der Waals surface area contributed by atoms with Gasteiger partial charge in [0.25, 0.3) is 0 Å². The first-order valence-electron chi connectivity index (χ1n) is 6.49. The number of ether oxygens (including phenoxy) is 2. The molecule has 0 fully saturated rings. The molecule has 0 aliphatic heterocycles. The molecular weight excluding hydrogens is 316 g/mol. The molecule has 0 aliphatic carbocycles. The molecule has 0 heterocycles. The van der Waals surface area contributed by atoms with Crippen molar-refractivity contribution in [1.29, 1.82) is 0 Å². The smallest absolute Gasteiger partial charge is 0.122 e. The van der Waals surface area contributed by atoms with Crippen molar-refractivity contribution in [3.05, 3.63) is 58.7 Å². The van der Waals surface area contributed by atoms with Gasteiger partial charge in [0, 0.05) is 6.07 Å². The Morgan fingerprint density at radius 2 is 1.50 bits per heavy atom. The van der Waals surface area contributed by atoms with Crippen molar-refractivity contribution >= 4 is 15.9 Å². The van der Waals surface area contributed by atoms with Gasteiger partial charge in [0.1, 0.15) is 11.5 Å². The summed E-state index contributed by atoms with van der Waals surface area (Å²) in [5, 5.41) is 0. The fraction of sp³-hybridized carbons (Fsp3) is 0.294. The van der Waals surface area contributed by atoms with E-state index < -0.39 is 0 Å². The Bertz CT molecular complexity index is 586. The zero-order chi connectivity index (χ0) is 14.7. The number of benzene rings is 2. The van der Waals surface area contributed by atoms with Gasteiger partial charge < -0.3 is 9.47 Å². The number of aryl methyl sites for hydroxylation is 2. The van der Waals surface area contributed by atoms with Crippen molar-refractivity contribution in [2.75, 3.05) is 14.2 Å². The van der Waals surface area contributed by atoms with Crippen LogP contribution in [0.3, 0.4) is 0 Å². The summed E-state index contributed by atoms with van der Waals surface area (Å²) in [5.41, 5.74) is 4.92. The molecule has 0 saturated carbocycles. The lowest BCUT2D eigenvalue weighted by Crippen LogP contribution is -1.98. The second kappa shape index (κ2) is 6.31. The summed E-state index contributed by atoms with van der Waals surface area (Å²) in [4.78, 5) is 0.118. The maximum atomic E-state index is 5.33. The molecule has 3 heteroatoms. The van der Waals surface area contributed by atoms with E-state index in [0.29, 0.717) is 0 Å². The lowest BCUT2D eigenvalue weighted by Gasteiger charge is -2.16. The molecule has 2 aromatic carbocycles. The van der Waals surface area contributed by atoms with Crippen molar-refractivity contribution in [2.45, 2.75) is 18.7 Å². The maximum absolute atomic E-state index is 5.33. The van der Waals surface area contributed by atoms with Crippen molar-refractivity contribution in [2.24, 2.45) is 0 Å². The molecule has 0 bridgehead atoms.